The van der Waals surface area contributed by atoms with Gasteiger partial charge in [-0.15, -0.1) is 17.9 Å². The predicted molar refractivity (Wildman–Crippen MR) is 65.2 cm³/mol. The lowest BCUT2D eigenvalue weighted by atomic mass is 10.1. The maximum absolute atomic E-state index is 5.84. The second-order valence-electron chi connectivity index (χ2n) is 3.62. The maximum atomic E-state index is 5.84. The van der Waals surface area contributed by atoms with Gasteiger partial charge in [0.15, 0.2) is 5.96 Å². The number of aliphatic imine (C=N–C) groups is 1. The SMILES string of the molecule is C=CCN1C(N)=NCC1c1sccc1C. The molecule has 1 aromatic rings. The summed E-state index contributed by atoms with van der Waals surface area (Å²) in [6, 6.07) is 2.45. The standard InChI is InChI=1S/C11H15N3S/c1-3-5-14-9(7-13-11(14)12)10-8(2)4-6-15-10/h3-4,6,9H,1,5,7H2,2H3,(H2,12,13). The van der Waals surface area contributed by atoms with Crippen LogP contribution in [0.15, 0.2) is 29.1 Å². The maximum Gasteiger partial charge on any atom is 0.192 e. The number of hydrogen-bond acceptors (Lipinski definition) is 4. The fourth-order valence-electron chi connectivity index (χ4n) is 1.84. The largest absolute Gasteiger partial charge is 0.370 e. The normalized spacial score (nSPS) is 20.5. The number of nitrogens with zero attached hydrogens (tertiary/aromatic N) is 2. The Morgan fingerprint density at radius 3 is 3.20 bits per heavy atom. The fourth-order valence-corrected chi connectivity index (χ4v) is 2.87. The summed E-state index contributed by atoms with van der Waals surface area (Å²) in [5, 5.41) is 2.12. The van der Waals surface area contributed by atoms with Gasteiger partial charge in [0, 0.05) is 11.4 Å². The smallest absolute Gasteiger partial charge is 0.192 e. The number of thiophene rings is 1. The molecule has 4 heteroatoms. The Hall–Kier alpha value is -1.29. The van der Waals surface area contributed by atoms with Gasteiger partial charge in [0.2, 0.25) is 0 Å². The van der Waals surface area contributed by atoms with Crippen molar-refractivity contribution in [2.45, 2.75) is 13.0 Å². The number of rotatable bonds is 3. The highest BCUT2D eigenvalue weighted by Crippen LogP contribution is 2.31. The van der Waals surface area contributed by atoms with Gasteiger partial charge in [-0.2, -0.15) is 0 Å². The molecule has 1 aromatic heterocycles. The zero-order valence-electron chi connectivity index (χ0n) is 8.81. The Balaban J connectivity index is 2.24. The molecule has 2 heterocycles. The first-order chi connectivity index (χ1) is 7.24. The predicted octanol–water partition coefficient (Wildman–Crippen LogP) is 1.91. The van der Waals surface area contributed by atoms with Crippen molar-refractivity contribution in [3.63, 3.8) is 0 Å². The third-order valence-corrected chi connectivity index (χ3v) is 3.75. The van der Waals surface area contributed by atoms with E-state index in [9.17, 15) is 0 Å². The summed E-state index contributed by atoms with van der Waals surface area (Å²) >= 11 is 1.77. The van der Waals surface area contributed by atoms with Gasteiger partial charge in [-0.3, -0.25) is 4.99 Å². The van der Waals surface area contributed by atoms with Crippen LogP contribution in [0, 0.1) is 6.92 Å². The average Bonchev–Trinajstić information content (AvgIpc) is 2.76. The minimum Gasteiger partial charge on any atom is -0.370 e. The molecule has 0 aliphatic carbocycles. The number of nitrogens with two attached hydrogens (primary N) is 1. The zero-order chi connectivity index (χ0) is 10.8. The Morgan fingerprint density at radius 1 is 1.80 bits per heavy atom. The molecule has 1 aliphatic rings. The van der Waals surface area contributed by atoms with Gasteiger partial charge in [-0.25, -0.2) is 0 Å². The lowest BCUT2D eigenvalue weighted by Gasteiger charge is -2.24. The van der Waals surface area contributed by atoms with Crippen LogP contribution in [-0.2, 0) is 0 Å². The molecule has 80 valence electrons. The molecule has 0 bridgehead atoms. The fraction of sp³-hybridized carbons (Fsp3) is 0.364. The molecule has 0 saturated carbocycles. The van der Waals surface area contributed by atoms with Gasteiger partial charge in [-0.05, 0) is 23.9 Å². The van der Waals surface area contributed by atoms with E-state index in [1.54, 1.807) is 11.3 Å². The van der Waals surface area contributed by atoms with Crippen molar-refractivity contribution in [3.05, 3.63) is 34.5 Å². The molecular weight excluding hydrogens is 206 g/mol. The molecule has 1 aliphatic heterocycles. The highest BCUT2D eigenvalue weighted by molar-refractivity contribution is 7.10. The molecule has 0 radical (unpaired) electrons. The van der Waals surface area contributed by atoms with Crippen LogP contribution in [0.4, 0.5) is 0 Å². The molecule has 1 atom stereocenters. The van der Waals surface area contributed by atoms with Gasteiger partial charge >= 0.3 is 0 Å². The van der Waals surface area contributed by atoms with Crippen molar-refractivity contribution in [2.75, 3.05) is 13.1 Å². The van der Waals surface area contributed by atoms with E-state index in [4.69, 9.17) is 5.73 Å². The van der Waals surface area contributed by atoms with Gasteiger partial charge in [-0.1, -0.05) is 6.08 Å². The molecule has 0 spiro atoms. The Morgan fingerprint density at radius 2 is 2.60 bits per heavy atom. The van der Waals surface area contributed by atoms with E-state index in [1.165, 1.54) is 10.4 Å². The second kappa shape index (κ2) is 4.06. The minimum absolute atomic E-state index is 0.308. The molecule has 0 fully saturated rings. The number of guanidine groups is 1. The van der Waals surface area contributed by atoms with E-state index < -0.39 is 0 Å². The first-order valence-corrected chi connectivity index (χ1v) is 5.83. The highest BCUT2D eigenvalue weighted by Gasteiger charge is 2.28. The van der Waals surface area contributed by atoms with Crippen LogP contribution in [0.3, 0.4) is 0 Å². The number of hydrogen-bond donors (Lipinski definition) is 1. The van der Waals surface area contributed by atoms with Crippen molar-refractivity contribution in [3.8, 4) is 0 Å². The highest BCUT2D eigenvalue weighted by atomic mass is 32.1. The summed E-state index contributed by atoms with van der Waals surface area (Å²) in [4.78, 5) is 7.76. The summed E-state index contributed by atoms with van der Waals surface area (Å²) in [6.45, 7) is 7.41. The van der Waals surface area contributed by atoms with Gasteiger partial charge in [0.05, 0.1) is 12.6 Å². The van der Waals surface area contributed by atoms with E-state index in [0.717, 1.165) is 13.1 Å². The van der Waals surface area contributed by atoms with Crippen molar-refractivity contribution in [1.29, 1.82) is 0 Å². The van der Waals surface area contributed by atoms with Crippen LogP contribution in [0.5, 0.6) is 0 Å². The molecule has 3 nitrogen and oxygen atoms in total. The third-order valence-electron chi connectivity index (χ3n) is 2.63. The summed E-state index contributed by atoms with van der Waals surface area (Å²) < 4.78 is 0. The zero-order valence-corrected chi connectivity index (χ0v) is 9.63. The van der Waals surface area contributed by atoms with E-state index in [-0.39, 0.29) is 0 Å². The van der Waals surface area contributed by atoms with E-state index >= 15 is 0 Å². The lowest BCUT2D eigenvalue weighted by Crippen LogP contribution is -2.36. The minimum atomic E-state index is 0.308. The Bertz CT molecular complexity index is 394. The van der Waals surface area contributed by atoms with Crippen LogP contribution in [0.25, 0.3) is 0 Å². The monoisotopic (exact) mass is 221 g/mol. The molecule has 1 unspecified atom stereocenters. The number of aryl methyl sites for hydroxylation is 1. The van der Waals surface area contributed by atoms with Crippen LogP contribution in [0.2, 0.25) is 0 Å². The first-order valence-electron chi connectivity index (χ1n) is 4.95. The van der Waals surface area contributed by atoms with Crippen LogP contribution in [-0.4, -0.2) is 23.9 Å². The van der Waals surface area contributed by atoms with Gasteiger partial charge < -0.3 is 10.6 Å². The topological polar surface area (TPSA) is 41.6 Å². The van der Waals surface area contributed by atoms with E-state index in [0.29, 0.717) is 12.0 Å². The molecule has 0 saturated heterocycles. The van der Waals surface area contributed by atoms with Crippen molar-refractivity contribution in [2.24, 2.45) is 10.7 Å². The molecular formula is C11H15N3S. The van der Waals surface area contributed by atoms with E-state index in [1.807, 2.05) is 6.08 Å². The summed E-state index contributed by atoms with van der Waals surface area (Å²) in [6.07, 6.45) is 1.86. The van der Waals surface area contributed by atoms with Crippen LogP contribution >= 0.6 is 11.3 Å². The second-order valence-corrected chi connectivity index (χ2v) is 4.57. The third kappa shape index (κ3) is 1.77. The molecule has 0 aromatic carbocycles. The van der Waals surface area contributed by atoms with Crippen molar-refractivity contribution < 1.29 is 0 Å². The lowest BCUT2D eigenvalue weighted by molar-refractivity contribution is 0.384. The summed E-state index contributed by atoms with van der Waals surface area (Å²) in [7, 11) is 0. The van der Waals surface area contributed by atoms with Crippen LogP contribution < -0.4 is 5.73 Å². The van der Waals surface area contributed by atoms with Crippen molar-refractivity contribution >= 4 is 17.3 Å². The van der Waals surface area contributed by atoms with Gasteiger partial charge in [0.1, 0.15) is 0 Å². The Kier molecular flexibility index (Phi) is 2.77. The molecule has 2 rings (SSSR count). The van der Waals surface area contributed by atoms with E-state index in [2.05, 4.69) is 34.8 Å². The summed E-state index contributed by atoms with van der Waals surface area (Å²) in [5.41, 5.74) is 7.17. The van der Waals surface area contributed by atoms with Crippen LogP contribution in [0.1, 0.15) is 16.5 Å². The first kappa shape index (κ1) is 10.2. The molecule has 2 N–H and O–H groups in total. The average molecular weight is 221 g/mol. The summed E-state index contributed by atoms with van der Waals surface area (Å²) in [5.74, 6) is 0.632. The molecule has 0 amide bonds. The quantitative estimate of drug-likeness (QED) is 0.792. The molecule has 15 heavy (non-hydrogen) atoms. The van der Waals surface area contributed by atoms with Crippen molar-refractivity contribution in [1.82, 2.24) is 4.90 Å². The Labute approximate surface area is 93.9 Å². The van der Waals surface area contributed by atoms with Gasteiger partial charge in [0.25, 0.3) is 0 Å².